The highest BCUT2D eigenvalue weighted by molar-refractivity contribution is 5.78. The molecule has 2 amide bonds. The summed E-state index contributed by atoms with van der Waals surface area (Å²) in [6.07, 6.45) is -38.5. The third-order valence-electron chi connectivity index (χ3n) is 15.3. The largest absolute Gasteiger partial charge is 0.477 e. The molecule has 2 aromatic heterocycles. The van der Waals surface area contributed by atoms with Crippen LogP contribution in [0.4, 0.5) is 0 Å². The predicted molar refractivity (Wildman–Crippen MR) is 277 cm³/mol. The van der Waals surface area contributed by atoms with Gasteiger partial charge < -0.3 is 160 Å². The van der Waals surface area contributed by atoms with Crippen molar-refractivity contribution in [2.24, 2.45) is 0 Å². The Labute approximate surface area is 511 Å². The van der Waals surface area contributed by atoms with Crippen molar-refractivity contribution in [2.75, 3.05) is 39.6 Å². The van der Waals surface area contributed by atoms with Crippen molar-refractivity contribution in [3.8, 4) is 12.3 Å². The number of ether oxygens (including phenoxy) is 10. The summed E-state index contributed by atoms with van der Waals surface area (Å²) in [5, 5.41) is 229. The number of terminal acetylenes is 1. The molecule has 5 saturated heterocycles. The first-order valence-electron chi connectivity index (χ1n) is 27.8. The molecule has 0 spiro atoms. The van der Waals surface area contributed by atoms with Crippen molar-refractivity contribution < 1.29 is 169 Å². The Bertz CT molecular complexity index is 2750. The number of carbonyl (C=O) groups excluding carboxylic acids is 2. The first-order valence-corrected chi connectivity index (χ1v) is 27.8. The molecule has 0 saturated carbocycles. The molecule has 5 aliphatic rings. The summed E-state index contributed by atoms with van der Waals surface area (Å²) >= 11 is 0. The maximum Gasteiger partial charge on any atom is 0.364 e. The molecule has 0 aromatic carbocycles. The lowest BCUT2D eigenvalue weighted by Crippen LogP contribution is -2.68. The fraction of sp³-hybridized carbons (Fsp3) is 0.796. The summed E-state index contributed by atoms with van der Waals surface area (Å²) in [6.45, 7) is -8.07. The highest BCUT2D eigenvalue weighted by Gasteiger charge is 2.59. The maximum absolute atomic E-state index is 13.5. The van der Waals surface area contributed by atoms with Crippen molar-refractivity contribution >= 4 is 23.8 Å². The predicted octanol–water partition coefficient (Wildman–Crippen LogP) is -15.0. The summed E-state index contributed by atoms with van der Waals surface area (Å²) in [5.41, 5.74) is -0.103. The Morgan fingerprint density at radius 2 is 0.934 bits per heavy atom. The van der Waals surface area contributed by atoms with Gasteiger partial charge in [-0.1, -0.05) is 16.3 Å². The molecule has 514 valence electrons. The van der Waals surface area contributed by atoms with E-state index in [1.165, 1.54) is 6.20 Å². The van der Waals surface area contributed by atoms with Gasteiger partial charge in [0.1, 0.15) is 141 Å². The van der Waals surface area contributed by atoms with Crippen LogP contribution in [0.5, 0.6) is 0 Å². The van der Waals surface area contributed by atoms with E-state index in [1.54, 1.807) is 0 Å². The smallest absolute Gasteiger partial charge is 0.364 e. The second-order valence-electron chi connectivity index (χ2n) is 21.8. The Morgan fingerprint density at radius 1 is 0.571 bits per heavy atom. The summed E-state index contributed by atoms with van der Waals surface area (Å²) in [4.78, 5) is 52.6. The lowest BCUT2D eigenvalue weighted by Gasteiger charge is -2.47. The minimum Gasteiger partial charge on any atom is -0.477 e. The number of aliphatic carboxylic acids is 2. The normalized spacial score (nSPS) is 38.4. The van der Waals surface area contributed by atoms with E-state index in [-0.39, 0.29) is 11.4 Å². The summed E-state index contributed by atoms with van der Waals surface area (Å²) in [5.74, 6) is -9.86. The van der Waals surface area contributed by atoms with Crippen molar-refractivity contribution in [3.05, 3.63) is 23.8 Å². The summed E-state index contributed by atoms with van der Waals surface area (Å²) in [6, 6.07) is -3.57. The molecule has 27 atom stereocenters. The lowest BCUT2D eigenvalue weighted by molar-refractivity contribution is -0.339. The van der Waals surface area contributed by atoms with Crippen molar-refractivity contribution in [1.82, 2.24) is 40.6 Å². The van der Waals surface area contributed by atoms with Crippen LogP contribution in [-0.2, 0) is 92.9 Å². The quantitative estimate of drug-likeness (QED) is 0.0336. The lowest BCUT2D eigenvalue weighted by atomic mass is 9.88. The minimum absolute atomic E-state index is 0.0218. The number of carboxylic acids is 2. The van der Waals surface area contributed by atoms with Crippen LogP contribution >= 0.6 is 0 Å². The SMILES string of the molecule is C#CCO[C@@H]1O[C@H](CO[C@]2(C(=O)O)C[C@H](O)[C@@H](NC(=O)Cn3cc(CO[C@@H]4O[C@H](CO[C@]5(C(=O)O)C[C@H](O)[C@@H](NC(=O)Cn6cc(CO[C@@H]7O[C@H](CO)[C@H](O)[C@H](O)[C@H]7O)nn6)[C@H]([C@H](O)[C@H](O)CO)O5)[C@H](O)[C@H](O)[C@H]4O)nn3)[C@H]([C@H](O)[C@H](O)CO)O2)[C@H](O)[C@H](O)[C@H]1O. The highest BCUT2D eigenvalue weighted by Crippen LogP contribution is 2.37. The molecule has 7 heterocycles. The van der Waals surface area contributed by atoms with Gasteiger partial charge in [-0.05, 0) is 0 Å². The van der Waals surface area contributed by atoms with Crippen molar-refractivity contribution in [2.45, 2.75) is 204 Å². The van der Waals surface area contributed by atoms with E-state index < -0.39 is 267 Å². The molecule has 0 unspecified atom stereocenters. The van der Waals surface area contributed by atoms with Gasteiger partial charge in [-0.3, -0.25) is 9.59 Å². The van der Waals surface area contributed by atoms with E-state index in [9.17, 15) is 121 Å². The number of hydrogen-bond donors (Lipinski definition) is 22. The number of carbonyl (C=O) groups is 4. The molecule has 42 heteroatoms. The fourth-order valence-electron chi connectivity index (χ4n) is 10.3. The molecular formula is C49H74N8O34. The van der Waals surface area contributed by atoms with Gasteiger partial charge in [-0.25, -0.2) is 19.0 Å². The number of aliphatic hydroxyl groups excluding tert-OH is 18. The van der Waals surface area contributed by atoms with Gasteiger partial charge in [-0.15, -0.1) is 16.6 Å². The first kappa shape index (κ1) is 73.0. The van der Waals surface area contributed by atoms with E-state index >= 15 is 0 Å². The molecule has 5 aliphatic heterocycles. The number of amides is 2. The molecule has 91 heavy (non-hydrogen) atoms. The van der Waals surface area contributed by atoms with Crippen LogP contribution < -0.4 is 10.6 Å². The molecule has 0 bridgehead atoms. The Morgan fingerprint density at radius 3 is 1.29 bits per heavy atom. The van der Waals surface area contributed by atoms with Gasteiger partial charge in [0.05, 0.1) is 82.9 Å². The number of nitrogens with one attached hydrogen (secondary N) is 2. The number of carboxylic acid groups (broad SMARTS) is 2. The van der Waals surface area contributed by atoms with Gasteiger partial charge >= 0.3 is 11.9 Å². The Kier molecular flexibility index (Phi) is 25.4. The molecule has 5 fully saturated rings. The molecular weight excluding hydrogens is 1240 g/mol. The molecule has 0 radical (unpaired) electrons. The Hall–Kier alpha value is -5.40. The van der Waals surface area contributed by atoms with E-state index in [1.807, 2.05) is 0 Å². The third kappa shape index (κ3) is 16.9. The maximum atomic E-state index is 13.5. The van der Waals surface area contributed by atoms with Gasteiger partial charge in [-0.2, -0.15) is 0 Å². The second kappa shape index (κ2) is 31.7. The van der Waals surface area contributed by atoms with Crippen LogP contribution in [-0.4, -0.2) is 360 Å². The van der Waals surface area contributed by atoms with E-state index in [2.05, 4.69) is 37.2 Å². The number of aliphatic hydroxyl groups is 18. The third-order valence-corrected chi connectivity index (χ3v) is 15.3. The molecule has 42 nitrogen and oxygen atoms in total. The molecule has 22 N–H and O–H groups in total. The van der Waals surface area contributed by atoms with E-state index in [4.69, 9.17) is 53.8 Å². The molecule has 0 aliphatic carbocycles. The van der Waals surface area contributed by atoms with Crippen LogP contribution in [0.1, 0.15) is 24.2 Å². The minimum atomic E-state index is -3.03. The second-order valence-corrected chi connectivity index (χ2v) is 21.8. The zero-order valence-corrected chi connectivity index (χ0v) is 47.5. The molecule has 2 aromatic rings. The fourth-order valence-corrected chi connectivity index (χ4v) is 10.3. The van der Waals surface area contributed by atoms with Crippen LogP contribution in [0.3, 0.4) is 0 Å². The van der Waals surface area contributed by atoms with Gasteiger partial charge in [0.25, 0.3) is 11.6 Å². The van der Waals surface area contributed by atoms with E-state index in [0.717, 1.165) is 15.6 Å². The van der Waals surface area contributed by atoms with Gasteiger partial charge in [0, 0.05) is 12.8 Å². The average Bonchev–Trinajstić information content (AvgIpc) is 1.07. The van der Waals surface area contributed by atoms with Crippen molar-refractivity contribution in [3.63, 3.8) is 0 Å². The standard InChI is InChI=1S/C49H74N8O34/c1-2-3-82-43-38(75)36(73)33(70)24(88-43)15-85-48(46(78)79)4-19(61)28(41(90-48)30(67)21(63)10-58)51-27(66)9-57-7-18(53-55-57)14-84-45-40(77)37(74)34(71)25(89-45)16-86-49(47(80)81)5-20(62)29(42(91-49)31(68)22(64)11-59)50-26(65)8-56-6-17(52-54-56)13-83-44-39(76)35(72)32(69)23(12-60)87-44/h1,6-7,19-25,28-45,58-64,67-77H,3-5,8-16H2,(H,50,65)(H,51,66)(H,78,79)(H,80,81)/t19-,20-,21+,22+,23+,24+,25+,28+,29+,30+,31+,32-,33-,34-,35-,36-,37-,38+,39+,40+,41+,42+,43+,44+,45+,48+,49+/m0/s1. The summed E-state index contributed by atoms with van der Waals surface area (Å²) in [7, 11) is 0. The van der Waals surface area contributed by atoms with Crippen LogP contribution in [0.15, 0.2) is 12.4 Å². The van der Waals surface area contributed by atoms with Crippen LogP contribution in [0.25, 0.3) is 0 Å². The monoisotopic (exact) mass is 1320 g/mol. The van der Waals surface area contributed by atoms with Crippen LogP contribution in [0.2, 0.25) is 0 Å². The van der Waals surface area contributed by atoms with Gasteiger partial charge in [0.15, 0.2) is 18.9 Å². The average molecular weight is 1320 g/mol. The highest BCUT2D eigenvalue weighted by atomic mass is 16.8. The molecule has 7 rings (SSSR count). The number of aromatic nitrogens is 6. The van der Waals surface area contributed by atoms with Crippen molar-refractivity contribution in [1.29, 1.82) is 0 Å². The van der Waals surface area contributed by atoms with E-state index in [0.29, 0.717) is 0 Å². The zero-order chi connectivity index (χ0) is 67.0. The summed E-state index contributed by atoms with van der Waals surface area (Å²) < 4.78 is 56.7. The zero-order valence-electron chi connectivity index (χ0n) is 47.5. The van der Waals surface area contributed by atoms with Crippen LogP contribution in [0, 0.1) is 12.3 Å². The number of rotatable bonds is 29. The first-order chi connectivity index (χ1) is 43.0. The number of hydrogen-bond acceptors (Lipinski definition) is 36. The topological polar surface area (TPSA) is 651 Å². The van der Waals surface area contributed by atoms with Gasteiger partial charge in [0.2, 0.25) is 11.8 Å². The Balaban J connectivity index is 0.947. The number of nitrogens with zero attached hydrogens (tertiary/aromatic N) is 6.